The minimum Gasteiger partial charge on any atom is -0.444 e. The van der Waals surface area contributed by atoms with Gasteiger partial charge in [-0.25, -0.2) is 4.79 Å². The first-order chi connectivity index (χ1) is 12.3. The maximum atomic E-state index is 12.2. The van der Waals surface area contributed by atoms with Crippen molar-refractivity contribution in [3.8, 4) is 0 Å². The van der Waals surface area contributed by atoms with Crippen molar-refractivity contribution in [3.05, 3.63) is 30.1 Å². The molecule has 1 aromatic rings. The van der Waals surface area contributed by atoms with Gasteiger partial charge < -0.3 is 14.7 Å². The lowest BCUT2D eigenvalue weighted by atomic mass is 9.64. The summed E-state index contributed by atoms with van der Waals surface area (Å²) in [6.07, 6.45) is 9.39. The van der Waals surface area contributed by atoms with Gasteiger partial charge in [0.15, 0.2) is 0 Å². The summed E-state index contributed by atoms with van der Waals surface area (Å²) in [5, 5.41) is 10.7. The molecule has 1 atom stereocenters. The van der Waals surface area contributed by atoms with E-state index in [2.05, 4.69) is 4.98 Å². The molecule has 1 aliphatic carbocycles. The number of hydrogen-bond donors (Lipinski definition) is 1. The van der Waals surface area contributed by atoms with E-state index in [0.29, 0.717) is 11.3 Å². The largest absolute Gasteiger partial charge is 0.444 e. The smallest absolute Gasteiger partial charge is 0.410 e. The first-order valence-electron chi connectivity index (χ1n) is 9.84. The normalized spacial score (nSPS) is 22.2. The lowest BCUT2D eigenvalue weighted by Crippen LogP contribution is -2.46. The second-order valence-electron chi connectivity index (χ2n) is 9.03. The van der Waals surface area contributed by atoms with Crippen LogP contribution in [0.25, 0.3) is 0 Å². The van der Waals surface area contributed by atoms with Crippen molar-refractivity contribution in [2.45, 2.75) is 71.0 Å². The summed E-state index contributed by atoms with van der Waals surface area (Å²) in [4.78, 5) is 18.1. The molecule has 1 aromatic heterocycles. The Hall–Kier alpha value is -1.62. The lowest BCUT2D eigenvalue weighted by Gasteiger charge is -2.46. The van der Waals surface area contributed by atoms with E-state index < -0.39 is 11.7 Å². The molecule has 0 bridgehead atoms. The van der Waals surface area contributed by atoms with Crippen LogP contribution in [0.1, 0.15) is 71.0 Å². The lowest BCUT2D eigenvalue weighted by molar-refractivity contribution is -0.00858. The van der Waals surface area contributed by atoms with Crippen LogP contribution in [0.4, 0.5) is 4.79 Å². The zero-order valence-corrected chi connectivity index (χ0v) is 16.3. The number of aliphatic hydroxyl groups is 1. The molecular weight excluding hydrogens is 328 g/mol. The van der Waals surface area contributed by atoms with Crippen molar-refractivity contribution in [2.75, 3.05) is 13.1 Å². The van der Waals surface area contributed by atoms with Crippen molar-refractivity contribution in [1.29, 1.82) is 0 Å². The predicted octanol–water partition coefficient (Wildman–Crippen LogP) is 4.32. The van der Waals surface area contributed by atoms with Gasteiger partial charge >= 0.3 is 6.09 Å². The van der Waals surface area contributed by atoms with Gasteiger partial charge in [0.1, 0.15) is 5.60 Å². The van der Waals surface area contributed by atoms with Crippen molar-refractivity contribution < 1.29 is 14.6 Å². The van der Waals surface area contributed by atoms with Gasteiger partial charge in [-0.15, -0.1) is 0 Å². The van der Waals surface area contributed by atoms with Gasteiger partial charge in [0.25, 0.3) is 0 Å². The molecule has 5 heteroatoms. The molecule has 0 radical (unpaired) electrons. The van der Waals surface area contributed by atoms with Crippen LogP contribution in [-0.2, 0) is 4.74 Å². The van der Waals surface area contributed by atoms with E-state index in [0.717, 1.165) is 57.2 Å². The Morgan fingerprint density at radius 2 is 1.77 bits per heavy atom. The van der Waals surface area contributed by atoms with Crippen LogP contribution in [0.2, 0.25) is 0 Å². The fraction of sp³-hybridized carbons (Fsp3) is 0.714. The number of hydrogen-bond acceptors (Lipinski definition) is 4. The number of piperidine rings is 1. The molecule has 5 nitrogen and oxygen atoms in total. The predicted molar refractivity (Wildman–Crippen MR) is 101 cm³/mol. The van der Waals surface area contributed by atoms with Crippen LogP contribution >= 0.6 is 0 Å². The average molecular weight is 360 g/mol. The van der Waals surface area contributed by atoms with Crippen molar-refractivity contribution in [3.63, 3.8) is 0 Å². The van der Waals surface area contributed by atoms with Crippen LogP contribution in [-0.4, -0.2) is 39.8 Å². The molecule has 2 aliphatic rings. The number of ether oxygens (including phenoxy) is 1. The minimum atomic E-state index is -0.437. The highest BCUT2D eigenvalue weighted by Crippen LogP contribution is 2.48. The molecule has 2 fully saturated rings. The Bertz CT molecular complexity index is 593. The number of nitrogens with zero attached hydrogens (tertiary/aromatic N) is 2. The Balaban J connectivity index is 1.50. The molecule has 144 valence electrons. The Morgan fingerprint density at radius 1 is 1.19 bits per heavy atom. The quantitative estimate of drug-likeness (QED) is 0.853. The number of likely N-dealkylation sites (tertiary alicyclic amines) is 1. The zero-order valence-electron chi connectivity index (χ0n) is 16.3. The SMILES string of the molecule is CC(C)(C)OC(=O)N1CCC2(CCC(C(O)c3ccncc3)CC2)CC1. The summed E-state index contributed by atoms with van der Waals surface area (Å²) < 4.78 is 5.50. The van der Waals surface area contributed by atoms with Crippen LogP contribution < -0.4 is 0 Å². The molecule has 1 aliphatic heterocycles. The molecule has 3 rings (SSSR count). The van der Waals surface area contributed by atoms with Gasteiger partial charge in [0.05, 0.1) is 6.10 Å². The number of carbonyl (C=O) groups is 1. The van der Waals surface area contributed by atoms with E-state index in [1.807, 2.05) is 37.8 Å². The fourth-order valence-corrected chi connectivity index (χ4v) is 4.39. The van der Waals surface area contributed by atoms with E-state index >= 15 is 0 Å². The summed E-state index contributed by atoms with van der Waals surface area (Å²) in [5.74, 6) is 0.326. The first-order valence-corrected chi connectivity index (χ1v) is 9.84. The zero-order chi connectivity index (χ0) is 18.8. The second kappa shape index (κ2) is 7.55. The molecule has 0 aromatic carbocycles. The fourth-order valence-electron chi connectivity index (χ4n) is 4.39. The van der Waals surface area contributed by atoms with E-state index in [1.165, 1.54) is 0 Å². The number of aliphatic hydroxyl groups excluding tert-OH is 1. The van der Waals surface area contributed by atoms with E-state index in [1.54, 1.807) is 12.4 Å². The molecule has 1 saturated heterocycles. The minimum absolute atomic E-state index is 0.186. The number of rotatable bonds is 2. The van der Waals surface area contributed by atoms with Crippen molar-refractivity contribution >= 4 is 6.09 Å². The maximum Gasteiger partial charge on any atom is 0.410 e. The molecule has 1 N–H and O–H groups in total. The van der Waals surface area contributed by atoms with E-state index in [-0.39, 0.29) is 6.09 Å². The third-order valence-electron chi connectivity index (χ3n) is 6.06. The van der Waals surface area contributed by atoms with Crippen LogP contribution in [0.3, 0.4) is 0 Å². The van der Waals surface area contributed by atoms with Gasteiger partial charge in [-0.05, 0) is 88.3 Å². The highest BCUT2D eigenvalue weighted by Gasteiger charge is 2.41. The van der Waals surface area contributed by atoms with Crippen molar-refractivity contribution in [2.24, 2.45) is 11.3 Å². The topological polar surface area (TPSA) is 62.7 Å². The summed E-state index contributed by atoms with van der Waals surface area (Å²) in [6.45, 7) is 7.29. The highest BCUT2D eigenvalue weighted by atomic mass is 16.6. The van der Waals surface area contributed by atoms with Gasteiger partial charge in [0, 0.05) is 25.5 Å². The second-order valence-corrected chi connectivity index (χ2v) is 9.03. The van der Waals surface area contributed by atoms with Gasteiger partial charge in [0.2, 0.25) is 0 Å². The number of amides is 1. The summed E-state index contributed by atoms with van der Waals surface area (Å²) >= 11 is 0. The third kappa shape index (κ3) is 4.56. The monoisotopic (exact) mass is 360 g/mol. The molecule has 1 unspecified atom stereocenters. The highest BCUT2D eigenvalue weighted by molar-refractivity contribution is 5.68. The molecule has 1 amide bonds. The first kappa shape index (κ1) is 19.2. The third-order valence-corrected chi connectivity index (χ3v) is 6.06. The number of aromatic nitrogens is 1. The molecule has 1 spiro atoms. The summed E-state index contributed by atoms with van der Waals surface area (Å²) in [7, 11) is 0. The van der Waals surface area contributed by atoms with Gasteiger partial charge in [-0.2, -0.15) is 0 Å². The number of carbonyl (C=O) groups excluding carboxylic acids is 1. The molecule has 26 heavy (non-hydrogen) atoms. The van der Waals surface area contributed by atoms with Crippen LogP contribution in [0, 0.1) is 11.3 Å². The van der Waals surface area contributed by atoms with Crippen LogP contribution in [0.15, 0.2) is 24.5 Å². The Kier molecular flexibility index (Phi) is 5.56. The molecule has 1 saturated carbocycles. The average Bonchev–Trinajstić information content (AvgIpc) is 2.62. The molecule has 2 heterocycles. The number of pyridine rings is 1. The Labute approximate surface area is 156 Å². The molecular formula is C21H32N2O3. The van der Waals surface area contributed by atoms with E-state index in [9.17, 15) is 9.90 Å². The maximum absolute atomic E-state index is 12.2. The van der Waals surface area contributed by atoms with Crippen molar-refractivity contribution in [1.82, 2.24) is 9.88 Å². The van der Waals surface area contributed by atoms with Gasteiger partial charge in [-0.1, -0.05) is 0 Å². The Morgan fingerprint density at radius 3 is 2.31 bits per heavy atom. The summed E-state index contributed by atoms with van der Waals surface area (Å²) in [5.41, 5.74) is 0.876. The van der Waals surface area contributed by atoms with Crippen LogP contribution in [0.5, 0.6) is 0 Å². The summed E-state index contributed by atoms with van der Waals surface area (Å²) in [6, 6.07) is 3.82. The van der Waals surface area contributed by atoms with E-state index in [4.69, 9.17) is 4.74 Å². The van der Waals surface area contributed by atoms with Gasteiger partial charge in [-0.3, -0.25) is 4.98 Å². The standard InChI is InChI=1S/C21H32N2O3/c1-20(2,3)26-19(25)23-14-10-21(11-15-23)8-4-16(5-9-21)18(24)17-6-12-22-13-7-17/h6-7,12-13,16,18,24H,4-5,8-11,14-15H2,1-3H3.